The second kappa shape index (κ2) is 6.70. The molecule has 3 atom stereocenters. The molecule has 2 N–H and O–H groups in total. The molecule has 0 bridgehead atoms. The van der Waals surface area contributed by atoms with Crippen LogP contribution in [0.25, 0.3) is 0 Å². The maximum atomic E-state index is 12.3. The Morgan fingerprint density at radius 1 is 1.44 bits per heavy atom. The summed E-state index contributed by atoms with van der Waals surface area (Å²) >= 11 is 0. The number of nitrogens with one attached hydrogen (secondary N) is 1. The van der Waals surface area contributed by atoms with Crippen LogP contribution in [0.5, 0.6) is 0 Å². The van der Waals surface area contributed by atoms with Gasteiger partial charge in [0.2, 0.25) is 5.91 Å². The van der Waals surface area contributed by atoms with Gasteiger partial charge in [0.05, 0.1) is 19.1 Å². The first kappa shape index (κ1) is 14.9. The fourth-order valence-corrected chi connectivity index (χ4v) is 2.29. The smallest absolute Gasteiger partial charge is 0.326 e. The number of nitrogens with zero attached hydrogens (tertiary/aromatic N) is 1. The molecule has 1 saturated heterocycles. The monoisotopic (exact) mass is 258 g/mol. The maximum Gasteiger partial charge on any atom is 0.326 e. The van der Waals surface area contributed by atoms with Crippen molar-refractivity contribution >= 4 is 11.9 Å². The molecule has 104 valence electrons. The molecular weight excluding hydrogens is 236 g/mol. The molecule has 0 radical (unpaired) electrons. The average molecular weight is 258 g/mol. The lowest BCUT2D eigenvalue weighted by atomic mass is 10.0. The van der Waals surface area contributed by atoms with Gasteiger partial charge in [-0.25, -0.2) is 4.79 Å². The Morgan fingerprint density at radius 3 is 2.61 bits per heavy atom. The molecule has 0 aliphatic carbocycles. The Labute approximate surface area is 107 Å². The minimum atomic E-state index is -0.965. The highest BCUT2D eigenvalue weighted by atomic mass is 16.5. The molecule has 0 aromatic carbocycles. The highest BCUT2D eigenvalue weighted by molar-refractivity contribution is 5.85. The van der Waals surface area contributed by atoms with Crippen LogP contribution in [0.2, 0.25) is 0 Å². The molecule has 0 aromatic rings. The SMILES string of the molecule is CCNC1COCC1C(=O)N(C)C(CC)C(=O)O. The summed E-state index contributed by atoms with van der Waals surface area (Å²) in [5.41, 5.74) is 0. The Kier molecular flexibility index (Phi) is 5.55. The zero-order valence-electron chi connectivity index (χ0n) is 11.2. The van der Waals surface area contributed by atoms with E-state index in [1.54, 1.807) is 14.0 Å². The van der Waals surface area contributed by atoms with Gasteiger partial charge in [-0.3, -0.25) is 4.79 Å². The van der Waals surface area contributed by atoms with Crippen LogP contribution in [-0.2, 0) is 14.3 Å². The van der Waals surface area contributed by atoms with E-state index in [9.17, 15) is 9.59 Å². The van der Waals surface area contributed by atoms with Crippen LogP contribution in [0.3, 0.4) is 0 Å². The van der Waals surface area contributed by atoms with E-state index in [2.05, 4.69) is 5.32 Å². The lowest BCUT2D eigenvalue weighted by Gasteiger charge is -2.28. The lowest BCUT2D eigenvalue weighted by Crippen LogP contribution is -2.49. The maximum absolute atomic E-state index is 12.3. The van der Waals surface area contributed by atoms with E-state index in [1.807, 2.05) is 6.92 Å². The summed E-state index contributed by atoms with van der Waals surface area (Å²) in [4.78, 5) is 24.7. The van der Waals surface area contributed by atoms with E-state index in [4.69, 9.17) is 9.84 Å². The number of ether oxygens (including phenoxy) is 1. The molecule has 1 aliphatic heterocycles. The summed E-state index contributed by atoms with van der Waals surface area (Å²) in [6.07, 6.45) is 0.400. The molecule has 1 aliphatic rings. The van der Waals surface area contributed by atoms with Gasteiger partial charge in [-0.2, -0.15) is 0 Å². The summed E-state index contributed by atoms with van der Waals surface area (Å²) < 4.78 is 5.31. The molecule has 0 aromatic heterocycles. The molecule has 6 nitrogen and oxygen atoms in total. The van der Waals surface area contributed by atoms with Gasteiger partial charge in [0.15, 0.2) is 0 Å². The van der Waals surface area contributed by atoms with Crippen molar-refractivity contribution in [1.82, 2.24) is 10.2 Å². The second-order valence-corrected chi connectivity index (χ2v) is 4.52. The van der Waals surface area contributed by atoms with Crippen molar-refractivity contribution in [3.63, 3.8) is 0 Å². The molecular formula is C12H22N2O4. The van der Waals surface area contributed by atoms with E-state index in [0.29, 0.717) is 19.6 Å². The van der Waals surface area contributed by atoms with Gasteiger partial charge in [0.25, 0.3) is 0 Å². The summed E-state index contributed by atoms with van der Waals surface area (Å²) in [6.45, 7) is 5.35. The molecule has 1 amide bonds. The van der Waals surface area contributed by atoms with E-state index in [1.165, 1.54) is 4.90 Å². The van der Waals surface area contributed by atoms with Crippen LogP contribution < -0.4 is 5.32 Å². The highest BCUT2D eigenvalue weighted by Crippen LogP contribution is 2.18. The van der Waals surface area contributed by atoms with E-state index >= 15 is 0 Å². The van der Waals surface area contributed by atoms with Crippen LogP contribution in [0.4, 0.5) is 0 Å². The standard InChI is InChI=1S/C12H22N2O4/c1-4-10(12(16)17)14(3)11(15)8-6-18-7-9(8)13-5-2/h8-10,13H,4-7H2,1-3H3,(H,16,17). The number of carbonyl (C=O) groups is 2. The number of rotatable bonds is 6. The molecule has 1 fully saturated rings. The molecule has 1 rings (SSSR count). The number of carboxylic acid groups (broad SMARTS) is 1. The van der Waals surface area contributed by atoms with Gasteiger partial charge in [-0.15, -0.1) is 0 Å². The van der Waals surface area contributed by atoms with Gasteiger partial charge < -0.3 is 20.1 Å². The Balaban J connectivity index is 2.70. The van der Waals surface area contributed by atoms with Gasteiger partial charge >= 0.3 is 5.97 Å². The van der Waals surface area contributed by atoms with Crippen molar-refractivity contribution in [2.24, 2.45) is 5.92 Å². The normalized spacial score (nSPS) is 24.8. The number of carbonyl (C=O) groups excluding carboxylic acids is 1. The fraction of sp³-hybridized carbons (Fsp3) is 0.833. The van der Waals surface area contributed by atoms with E-state index in [-0.39, 0.29) is 17.9 Å². The van der Waals surface area contributed by atoms with Gasteiger partial charge in [-0.05, 0) is 13.0 Å². The third-order valence-electron chi connectivity index (χ3n) is 3.35. The fourth-order valence-electron chi connectivity index (χ4n) is 2.29. The molecule has 6 heteroatoms. The number of carboxylic acids is 1. The summed E-state index contributed by atoms with van der Waals surface area (Å²) in [5, 5.41) is 12.3. The topological polar surface area (TPSA) is 78.9 Å². The Bertz CT molecular complexity index is 308. The first-order valence-corrected chi connectivity index (χ1v) is 6.33. The molecule has 0 spiro atoms. The van der Waals surface area contributed by atoms with Crippen molar-refractivity contribution < 1.29 is 19.4 Å². The quantitative estimate of drug-likeness (QED) is 0.697. The van der Waals surface area contributed by atoms with Crippen LogP contribution in [0.1, 0.15) is 20.3 Å². The Hall–Kier alpha value is -1.14. The van der Waals surface area contributed by atoms with Crippen LogP contribution in [0.15, 0.2) is 0 Å². The minimum absolute atomic E-state index is 0.0174. The van der Waals surface area contributed by atoms with Crippen LogP contribution >= 0.6 is 0 Å². The zero-order valence-corrected chi connectivity index (χ0v) is 11.2. The summed E-state index contributed by atoms with van der Waals surface area (Å²) in [5.74, 6) is -1.41. The third-order valence-corrected chi connectivity index (χ3v) is 3.35. The molecule has 18 heavy (non-hydrogen) atoms. The lowest BCUT2D eigenvalue weighted by molar-refractivity contribution is -0.151. The van der Waals surface area contributed by atoms with Crippen molar-refractivity contribution in [3.8, 4) is 0 Å². The van der Waals surface area contributed by atoms with E-state index < -0.39 is 12.0 Å². The van der Waals surface area contributed by atoms with Gasteiger partial charge in [0.1, 0.15) is 6.04 Å². The zero-order chi connectivity index (χ0) is 13.7. The number of aliphatic carboxylic acids is 1. The van der Waals surface area contributed by atoms with Crippen LogP contribution in [-0.4, -0.2) is 60.8 Å². The number of hydrogen-bond acceptors (Lipinski definition) is 4. The third kappa shape index (κ3) is 3.20. The predicted molar refractivity (Wildman–Crippen MR) is 66.3 cm³/mol. The summed E-state index contributed by atoms with van der Waals surface area (Å²) in [6, 6.07) is -0.781. The highest BCUT2D eigenvalue weighted by Gasteiger charge is 2.37. The molecule has 3 unspecified atom stereocenters. The van der Waals surface area contributed by atoms with Crippen molar-refractivity contribution in [2.75, 3.05) is 26.8 Å². The number of amides is 1. The van der Waals surface area contributed by atoms with E-state index in [0.717, 1.165) is 6.54 Å². The molecule has 0 saturated carbocycles. The van der Waals surface area contributed by atoms with Gasteiger partial charge in [-0.1, -0.05) is 13.8 Å². The number of likely N-dealkylation sites (N-methyl/N-ethyl adjacent to an activating group) is 2. The number of hydrogen-bond donors (Lipinski definition) is 2. The average Bonchev–Trinajstić information content (AvgIpc) is 2.77. The van der Waals surface area contributed by atoms with Crippen molar-refractivity contribution in [1.29, 1.82) is 0 Å². The molecule has 1 heterocycles. The summed E-state index contributed by atoms with van der Waals surface area (Å²) in [7, 11) is 1.55. The van der Waals surface area contributed by atoms with Crippen molar-refractivity contribution in [2.45, 2.75) is 32.4 Å². The first-order valence-electron chi connectivity index (χ1n) is 6.33. The van der Waals surface area contributed by atoms with Crippen LogP contribution in [0, 0.1) is 5.92 Å². The predicted octanol–water partition coefficient (Wildman–Crippen LogP) is -0.0675. The first-order chi connectivity index (χ1) is 8.52. The largest absolute Gasteiger partial charge is 0.480 e. The minimum Gasteiger partial charge on any atom is -0.480 e. The second-order valence-electron chi connectivity index (χ2n) is 4.52. The van der Waals surface area contributed by atoms with Crippen molar-refractivity contribution in [3.05, 3.63) is 0 Å². The van der Waals surface area contributed by atoms with Gasteiger partial charge in [0, 0.05) is 13.1 Å². The Morgan fingerprint density at radius 2 is 2.11 bits per heavy atom.